The summed E-state index contributed by atoms with van der Waals surface area (Å²) in [5.41, 5.74) is 7.36. The average Bonchev–Trinajstić information content (AvgIpc) is 2.89. The number of methoxy groups -OCH3 is 1. The Hall–Kier alpha value is -1.06. The summed E-state index contributed by atoms with van der Waals surface area (Å²) in [6, 6.07) is 8.01. The van der Waals surface area contributed by atoms with E-state index in [-0.39, 0.29) is 11.6 Å². The molecule has 1 aliphatic rings. The summed E-state index contributed by atoms with van der Waals surface area (Å²) in [5.74, 6) is 0.895. The Labute approximate surface area is 109 Å². The Morgan fingerprint density at radius 3 is 2.33 bits per heavy atom. The topological polar surface area (TPSA) is 44.5 Å². The van der Waals surface area contributed by atoms with Gasteiger partial charge in [-0.3, -0.25) is 0 Å². The van der Waals surface area contributed by atoms with E-state index in [4.69, 9.17) is 15.2 Å². The molecule has 3 heteroatoms. The van der Waals surface area contributed by atoms with E-state index in [0.717, 1.165) is 24.2 Å². The molecule has 0 saturated heterocycles. The first kappa shape index (κ1) is 13.4. The van der Waals surface area contributed by atoms with E-state index in [9.17, 15) is 0 Å². The fourth-order valence-corrected chi connectivity index (χ4v) is 2.86. The highest BCUT2D eigenvalue weighted by Crippen LogP contribution is 2.41. The number of nitrogens with two attached hydrogens (primary N) is 1. The molecular weight excluding hydrogens is 226 g/mol. The fraction of sp³-hybridized carbons (Fsp3) is 0.600. The van der Waals surface area contributed by atoms with Crippen molar-refractivity contribution in [3.05, 3.63) is 29.8 Å². The standard InChI is InChI=1S/C15H23NO2/c1-3-18-13-8-6-12(7-9-13)14(16)15(17-2)10-4-5-11-15/h6-9,14H,3-5,10-11,16H2,1-2H3. The lowest BCUT2D eigenvalue weighted by Crippen LogP contribution is -2.40. The first-order chi connectivity index (χ1) is 8.72. The van der Waals surface area contributed by atoms with Crippen molar-refractivity contribution in [2.75, 3.05) is 13.7 Å². The minimum atomic E-state index is -0.173. The minimum Gasteiger partial charge on any atom is -0.494 e. The molecule has 0 aliphatic heterocycles. The van der Waals surface area contributed by atoms with Crippen molar-refractivity contribution >= 4 is 0 Å². The van der Waals surface area contributed by atoms with Gasteiger partial charge in [-0.25, -0.2) is 0 Å². The van der Waals surface area contributed by atoms with Crippen LogP contribution in [-0.2, 0) is 4.74 Å². The lowest BCUT2D eigenvalue weighted by Gasteiger charge is -2.34. The molecule has 1 atom stereocenters. The Bertz CT molecular complexity index is 369. The van der Waals surface area contributed by atoms with Crippen LogP contribution in [0, 0.1) is 0 Å². The Balaban J connectivity index is 2.14. The van der Waals surface area contributed by atoms with Gasteiger partial charge in [0.25, 0.3) is 0 Å². The predicted molar refractivity (Wildman–Crippen MR) is 72.7 cm³/mol. The van der Waals surface area contributed by atoms with Gasteiger partial charge in [0, 0.05) is 7.11 Å². The molecule has 0 bridgehead atoms. The minimum absolute atomic E-state index is 0.0549. The zero-order chi connectivity index (χ0) is 13.0. The van der Waals surface area contributed by atoms with Crippen molar-refractivity contribution < 1.29 is 9.47 Å². The van der Waals surface area contributed by atoms with E-state index in [2.05, 4.69) is 12.1 Å². The van der Waals surface area contributed by atoms with Gasteiger partial charge in [0.15, 0.2) is 0 Å². The van der Waals surface area contributed by atoms with Gasteiger partial charge in [0.2, 0.25) is 0 Å². The van der Waals surface area contributed by atoms with E-state index < -0.39 is 0 Å². The van der Waals surface area contributed by atoms with Crippen LogP contribution in [-0.4, -0.2) is 19.3 Å². The zero-order valence-corrected chi connectivity index (χ0v) is 11.3. The van der Waals surface area contributed by atoms with Crippen LogP contribution in [0.3, 0.4) is 0 Å². The summed E-state index contributed by atoms with van der Waals surface area (Å²) in [4.78, 5) is 0. The molecule has 100 valence electrons. The van der Waals surface area contributed by atoms with Crippen LogP contribution >= 0.6 is 0 Å². The van der Waals surface area contributed by atoms with Gasteiger partial charge in [0.1, 0.15) is 5.75 Å². The fourth-order valence-electron chi connectivity index (χ4n) is 2.86. The zero-order valence-electron chi connectivity index (χ0n) is 11.3. The Morgan fingerprint density at radius 1 is 1.22 bits per heavy atom. The maximum absolute atomic E-state index is 6.40. The Morgan fingerprint density at radius 2 is 1.83 bits per heavy atom. The van der Waals surface area contributed by atoms with Crippen LogP contribution < -0.4 is 10.5 Å². The number of hydrogen-bond acceptors (Lipinski definition) is 3. The lowest BCUT2D eigenvalue weighted by atomic mass is 9.87. The molecule has 0 aromatic heterocycles. The largest absolute Gasteiger partial charge is 0.494 e. The molecule has 1 aliphatic carbocycles. The van der Waals surface area contributed by atoms with E-state index >= 15 is 0 Å². The molecule has 1 fully saturated rings. The maximum Gasteiger partial charge on any atom is 0.119 e. The SMILES string of the molecule is CCOc1ccc(C(N)C2(OC)CCCC2)cc1. The third kappa shape index (κ3) is 2.52. The molecule has 18 heavy (non-hydrogen) atoms. The van der Waals surface area contributed by atoms with Gasteiger partial charge in [-0.15, -0.1) is 0 Å². The lowest BCUT2D eigenvalue weighted by molar-refractivity contribution is -0.0264. The summed E-state index contributed by atoms with van der Waals surface area (Å²) in [7, 11) is 1.78. The molecule has 1 aromatic carbocycles. The van der Waals surface area contributed by atoms with Crippen LogP contribution in [0.4, 0.5) is 0 Å². The van der Waals surface area contributed by atoms with Crippen molar-refractivity contribution in [2.45, 2.75) is 44.2 Å². The first-order valence-electron chi connectivity index (χ1n) is 6.75. The molecule has 2 N–H and O–H groups in total. The monoisotopic (exact) mass is 249 g/mol. The summed E-state index contributed by atoms with van der Waals surface area (Å²) >= 11 is 0. The predicted octanol–water partition coefficient (Wildman–Crippen LogP) is 3.04. The van der Waals surface area contributed by atoms with Crippen molar-refractivity contribution in [1.82, 2.24) is 0 Å². The van der Waals surface area contributed by atoms with E-state index in [1.807, 2.05) is 19.1 Å². The van der Waals surface area contributed by atoms with Gasteiger partial charge in [-0.1, -0.05) is 25.0 Å². The molecule has 0 spiro atoms. The smallest absolute Gasteiger partial charge is 0.119 e. The molecule has 0 amide bonds. The molecule has 1 unspecified atom stereocenters. The van der Waals surface area contributed by atoms with Gasteiger partial charge >= 0.3 is 0 Å². The molecular formula is C15H23NO2. The van der Waals surface area contributed by atoms with Gasteiger partial charge in [0.05, 0.1) is 18.2 Å². The maximum atomic E-state index is 6.40. The van der Waals surface area contributed by atoms with E-state index in [0.29, 0.717) is 6.61 Å². The quantitative estimate of drug-likeness (QED) is 0.872. The second kappa shape index (κ2) is 5.72. The van der Waals surface area contributed by atoms with Gasteiger partial charge < -0.3 is 15.2 Å². The van der Waals surface area contributed by atoms with Crippen LogP contribution in [0.25, 0.3) is 0 Å². The molecule has 0 radical (unpaired) electrons. The van der Waals surface area contributed by atoms with Crippen LogP contribution in [0.5, 0.6) is 5.75 Å². The van der Waals surface area contributed by atoms with Crippen molar-refractivity contribution in [2.24, 2.45) is 5.73 Å². The van der Waals surface area contributed by atoms with Gasteiger partial charge in [-0.2, -0.15) is 0 Å². The van der Waals surface area contributed by atoms with Crippen molar-refractivity contribution in [3.63, 3.8) is 0 Å². The highest BCUT2D eigenvalue weighted by atomic mass is 16.5. The third-order valence-corrected chi connectivity index (χ3v) is 3.97. The number of ether oxygens (including phenoxy) is 2. The average molecular weight is 249 g/mol. The van der Waals surface area contributed by atoms with Crippen molar-refractivity contribution in [3.8, 4) is 5.75 Å². The first-order valence-corrected chi connectivity index (χ1v) is 6.75. The number of benzene rings is 1. The molecule has 1 saturated carbocycles. The second-order valence-corrected chi connectivity index (χ2v) is 4.96. The normalized spacial score (nSPS) is 19.7. The summed E-state index contributed by atoms with van der Waals surface area (Å²) in [6.07, 6.45) is 4.52. The second-order valence-electron chi connectivity index (χ2n) is 4.96. The molecule has 3 nitrogen and oxygen atoms in total. The number of rotatable bonds is 5. The molecule has 2 rings (SSSR count). The molecule has 0 heterocycles. The van der Waals surface area contributed by atoms with Crippen LogP contribution in [0.1, 0.15) is 44.2 Å². The van der Waals surface area contributed by atoms with Crippen LogP contribution in [0.2, 0.25) is 0 Å². The highest BCUT2D eigenvalue weighted by Gasteiger charge is 2.40. The van der Waals surface area contributed by atoms with Gasteiger partial charge in [-0.05, 0) is 37.5 Å². The van der Waals surface area contributed by atoms with Crippen LogP contribution in [0.15, 0.2) is 24.3 Å². The third-order valence-electron chi connectivity index (χ3n) is 3.97. The highest BCUT2D eigenvalue weighted by molar-refractivity contribution is 5.30. The van der Waals surface area contributed by atoms with Crippen molar-refractivity contribution in [1.29, 1.82) is 0 Å². The van der Waals surface area contributed by atoms with E-state index in [1.54, 1.807) is 7.11 Å². The molecule has 1 aromatic rings. The number of hydrogen-bond donors (Lipinski definition) is 1. The van der Waals surface area contributed by atoms with E-state index in [1.165, 1.54) is 12.8 Å². The summed E-state index contributed by atoms with van der Waals surface area (Å²) < 4.78 is 11.2. The summed E-state index contributed by atoms with van der Waals surface area (Å²) in [5, 5.41) is 0. The summed E-state index contributed by atoms with van der Waals surface area (Å²) in [6.45, 7) is 2.67. The Kier molecular flexibility index (Phi) is 4.25.